The van der Waals surface area contributed by atoms with Gasteiger partial charge in [-0.05, 0) is 87.9 Å². The Hall–Kier alpha value is -4.37. The van der Waals surface area contributed by atoms with Crippen molar-refractivity contribution in [3.8, 4) is 22.5 Å². The number of rotatable bonds is 4. The number of likely N-dealkylation sites (tertiary alicyclic amines) is 1. The maximum Gasteiger partial charge on any atom is 0.271 e. The van der Waals surface area contributed by atoms with Gasteiger partial charge in [-0.15, -0.1) is 0 Å². The fourth-order valence-corrected chi connectivity index (χ4v) is 5.11. The molecule has 0 atom stereocenters. The highest BCUT2D eigenvalue weighted by Crippen LogP contribution is 2.35. The first kappa shape index (κ1) is 24.0. The van der Waals surface area contributed by atoms with Crippen LogP contribution in [0.25, 0.3) is 39.1 Å². The Labute approximate surface area is 219 Å². The van der Waals surface area contributed by atoms with Gasteiger partial charge >= 0.3 is 0 Å². The number of hydrogen-bond donors (Lipinski definition) is 2. The van der Waals surface area contributed by atoms with Crippen molar-refractivity contribution in [3.63, 3.8) is 0 Å². The van der Waals surface area contributed by atoms with Gasteiger partial charge in [0.2, 0.25) is 0 Å². The first-order valence-electron chi connectivity index (χ1n) is 12.7. The van der Waals surface area contributed by atoms with E-state index in [4.69, 9.17) is 10.7 Å². The highest BCUT2D eigenvalue weighted by Gasteiger charge is 2.24. The fraction of sp³-hybridized carbons (Fsp3) is 0.241. The molecule has 0 bridgehead atoms. The smallest absolute Gasteiger partial charge is 0.271 e. The van der Waals surface area contributed by atoms with E-state index in [9.17, 15) is 9.18 Å². The van der Waals surface area contributed by atoms with E-state index in [0.717, 1.165) is 48.0 Å². The number of anilines is 1. The molecule has 1 aliphatic heterocycles. The summed E-state index contributed by atoms with van der Waals surface area (Å²) in [6.07, 6.45) is 5.28. The molecule has 4 heterocycles. The number of carbonyl (C=O) groups is 1. The van der Waals surface area contributed by atoms with E-state index in [-0.39, 0.29) is 29.3 Å². The molecule has 6 rings (SSSR count). The van der Waals surface area contributed by atoms with Crippen molar-refractivity contribution >= 4 is 28.3 Å². The van der Waals surface area contributed by atoms with Crippen LogP contribution in [-0.4, -0.2) is 56.3 Å². The van der Waals surface area contributed by atoms with Crippen molar-refractivity contribution in [1.29, 1.82) is 0 Å². The maximum atomic E-state index is 13.8. The number of pyridine rings is 1. The van der Waals surface area contributed by atoms with E-state index in [0.29, 0.717) is 22.6 Å². The predicted molar refractivity (Wildman–Crippen MR) is 146 cm³/mol. The topological polar surface area (TPSA) is 101 Å². The van der Waals surface area contributed by atoms with Gasteiger partial charge in [-0.3, -0.25) is 14.2 Å². The Bertz CT molecular complexity index is 1670. The number of nitrogens with zero attached hydrogens (tertiary/aromatic N) is 5. The van der Waals surface area contributed by atoms with Gasteiger partial charge in [0.15, 0.2) is 11.5 Å². The molecule has 2 aromatic carbocycles. The molecule has 38 heavy (non-hydrogen) atoms. The van der Waals surface area contributed by atoms with Crippen LogP contribution in [0.2, 0.25) is 0 Å². The van der Waals surface area contributed by atoms with Gasteiger partial charge in [0.1, 0.15) is 11.5 Å². The summed E-state index contributed by atoms with van der Waals surface area (Å²) < 4.78 is 15.6. The van der Waals surface area contributed by atoms with Crippen LogP contribution >= 0.6 is 0 Å². The van der Waals surface area contributed by atoms with Crippen molar-refractivity contribution in [2.45, 2.75) is 25.8 Å². The highest BCUT2D eigenvalue weighted by atomic mass is 19.1. The standard InChI is InChI=1S/C29H28FN7O/c1-17-9-12-32-23-8-5-19(15-22(17)23)26-25(18-3-6-20(30)7-4-18)35-27(31)28-34-24(16-37(26)28)29(38)33-21-10-13-36(2)14-11-21/h3-9,12,15-16,21H,10-11,13-14H2,1-2H3,(H2,31,35)(H,33,38). The highest BCUT2D eigenvalue weighted by molar-refractivity contribution is 5.95. The third kappa shape index (κ3) is 4.35. The summed E-state index contributed by atoms with van der Waals surface area (Å²) in [5.41, 5.74) is 11.8. The molecular formula is C29H28FN7O. The van der Waals surface area contributed by atoms with Gasteiger partial charge in [-0.25, -0.2) is 14.4 Å². The molecule has 0 spiro atoms. The number of amides is 1. The van der Waals surface area contributed by atoms with Crippen LogP contribution in [0.3, 0.4) is 0 Å². The van der Waals surface area contributed by atoms with E-state index in [1.807, 2.05) is 29.5 Å². The third-order valence-corrected chi connectivity index (χ3v) is 7.27. The number of carbonyl (C=O) groups excluding carboxylic acids is 1. The van der Waals surface area contributed by atoms with Crippen LogP contribution in [-0.2, 0) is 0 Å². The van der Waals surface area contributed by atoms with Crippen LogP contribution in [0.4, 0.5) is 10.2 Å². The largest absolute Gasteiger partial charge is 0.381 e. The average Bonchev–Trinajstić information content (AvgIpc) is 3.37. The first-order valence-corrected chi connectivity index (χ1v) is 12.7. The van der Waals surface area contributed by atoms with Gasteiger partial charge in [-0.1, -0.05) is 6.07 Å². The van der Waals surface area contributed by atoms with Crippen molar-refractivity contribution < 1.29 is 9.18 Å². The number of aromatic nitrogens is 4. The van der Waals surface area contributed by atoms with Crippen LogP contribution in [0.5, 0.6) is 0 Å². The summed E-state index contributed by atoms with van der Waals surface area (Å²) >= 11 is 0. The second-order valence-electron chi connectivity index (χ2n) is 9.93. The molecule has 8 nitrogen and oxygen atoms in total. The minimum Gasteiger partial charge on any atom is -0.381 e. The summed E-state index contributed by atoms with van der Waals surface area (Å²) in [5, 5.41) is 4.13. The lowest BCUT2D eigenvalue weighted by molar-refractivity contribution is 0.0912. The minimum absolute atomic E-state index is 0.101. The van der Waals surface area contributed by atoms with Crippen molar-refractivity contribution in [2.75, 3.05) is 25.9 Å². The molecule has 5 aromatic rings. The minimum atomic E-state index is -0.341. The van der Waals surface area contributed by atoms with Crippen molar-refractivity contribution in [2.24, 2.45) is 0 Å². The summed E-state index contributed by atoms with van der Waals surface area (Å²) in [6.45, 7) is 3.91. The van der Waals surface area contributed by atoms with Gasteiger partial charge in [0.05, 0.1) is 16.9 Å². The summed E-state index contributed by atoms with van der Waals surface area (Å²) in [6, 6.07) is 14.2. The van der Waals surface area contributed by atoms with E-state index in [1.165, 1.54) is 12.1 Å². The van der Waals surface area contributed by atoms with Crippen LogP contribution in [0.15, 0.2) is 60.9 Å². The second-order valence-corrected chi connectivity index (χ2v) is 9.93. The second kappa shape index (κ2) is 9.50. The van der Waals surface area contributed by atoms with E-state index < -0.39 is 0 Å². The van der Waals surface area contributed by atoms with Crippen molar-refractivity contribution in [1.82, 2.24) is 29.6 Å². The molecular weight excluding hydrogens is 481 g/mol. The van der Waals surface area contributed by atoms with Gasteiger partial charge < -0.3 is 16.0 Å². The molecule has 1 fully saturated rings. The van der Waals surface area contributed by atoms with E-state index in [2.05, 4.69) is 33.3 Å². The van der Waals surface area contributed by atoms with Crippen LogP contribution in [0, 0.1) is 12.7 Å². The third-order valence-electron chi connectivity index (χ3n) is 7.27. The number of hydrogen-bond acceptors (Lipinski definition) is 6. The first-order chi connectivity index (χ1) is 18.4. The molecule has 9 heteroatoms. The predicted octanol–water partition coefficient (Wildman–Crippen LogP) is 4.47. The number of imidazole rings is 1. The number of aryl methyl sites for hydroxylation is 1. The van der Waals surface area contributed by atoms with Crippen LogP contribution in [0.1, 0.15) is 28.9 Å². The van der Waals surface area contributed by atoms with E-state index >= 15 is 0 Å². The molecule has 1 saturated heterocycles. The van der Waals surface area contributed by atoms with Gasteiger partial charge in [0, 0.05) is 34.9 Å². The Balaban J connectivity index is 1.52. The fourth-order valence-electron chi connectivity index (χ4n) is 5.11. The number of fused-ring (bicyclic) bond motifs is 2. The number of nitrogen functional groups attached to an aromatic ring is 1. The molecule has 3 aromatic heterocycles. The summed E-state index contributed by atoms with van der Waals surface area (Å²) in [4.78, 5) is 29.2. The Morgan fingerprint density at radius 2 is 1.79 bits per heavy atom. The monoisotopic (exact) mass is 509 g/mol. The zero-order valence-corrected chi connectivity index (χ0v) is 21.3. The average molecular weight is 510 g/mol. The molecule has 1 aliphatic rings. The number of benzene rings is 2. The zero-order chi connectivity index (χ0) is 26.4. The lowest BCUT2D eigenvalue weighted by Gasteiger charge is -2.29. The molecule has 3 N–H and O–H groups in total. The lowest BCUT2D eigenvalue weighted by atomic mass is 10.0. The normalized spacial score (nSPS) is 14.8. The Kier molecular flexibility index (Phi) is 6.00. The summed E-state index contributed by atoms with van der Waals surface area (Å²) in [5.74, 6) is -0.396. The van der Waals surface area contributed by atoms with Gasteiger partial charge in [0.25, 0.3) is 5.91 Å². The zero-order valence-electron chi connectivity index (χ0n) is 21.3. The molecule has 0 unspecified atom stereocenters. The molecule has 1 amide bonds. The Morgan fingerprint density at radius 3 is 2.55 bits per heavy atom. The lowest BCUT2D eigenvalue weighted by Crippen LogP contribution is -2.43. The van der Waals surface area contributed by atoms with Crippen molar-refractivity contribution in [3.05, 3.63) is 78.0 Å². The number of piperidine rings is 1. The Morgan fingerprint density at radius 1 is 1.05 bits per heavy atom. The quantitative estimate of drug-likeness (QED) is 0.371. The summed E-state index contributed by atoms with van der Waals surface area (Å²) in [7, 11) is 2.08. The maximum absolute atomic E-state index is 13.8. The molecule has 0 radical (unpaired) electrons. The molecule has 0 saturated carbocycles. The molecule has 192 valence electrons. The number of nitrogens with two attached hydrogens (primary N) is 1. The van der Waals surface area contributed by atoms with Crippen LogP contribution < -0.4 is 11.1 Å². The number of halogens is 1. The van der Waals surface area contributed by atoms with E-state index in [1.54, 1.807) is 24.5 Å². The molecule has 0 aliphatic carbocycles. The number of nitrogens with one attached hydrogen (secondary N) is 1. The SMILES string of the molecule is Cc1ccnc2ccc(-c3c(-c4ccc(F)cc4)nc(N)c4nc(C(=O)NC5CCN(C)CC5)cn34)cc12. The van der Waals surface area contributed by atoms with Gasteiger partial charge in [-0.2, -0.15) is 0 Å².